The zero-order valence-corrected chi connectivity index (χ0v) is 19.3. The van der Waals surface area contributed by atoms with E-state index in [1.807, 2.05) is 23.1 Å². The van der Waals surface area contributed by atoms with Crippen LogP contribution in [0.2, 0.25) is 0 Å². The fourth-order valence-electron chi connectivity index (χ4n) is 4.98. The van der Waals surface area contributed by atoms with Crippen molar-refractivity contribution in [1.82, 2.24) is 9.80 Å². The third kappa shape index (κ3) is 5.13. The minimum Gasteiger partial charge on any atom is -0.497 e. The van der Waals surface area contributed by atoms with Crippen LogP contribution in [0.25, 0.3) is 0 Å². The number of amides is 2. The molecule has 0 aliphatic carbocycles. The summed E-state index contributed by atoms with van der Waals surface area (Å²) in [7, 11) is 3.25. The summed E-state index contributed by atoms with van der Waals surface area (Å²) in [4.78, 5) is 30.1. The average molecular weight is 455 g/mol. The van der Waals surface area contributed by atoms with Crippen LogP contribution < -0.4 is 9.47 Å². The van der Waals surface area contributed by atoms with Gasteiger partial charge in [0.05, 0.1) is 32.6 Å². The Morgan fingerprint density at radius 1 is 1.00 bits per heavy atom. The van der Waals surface area contributed by atoms with Gasteiger partial charge in [0.25, 0.3) is 0 Å². The smallest absolute Gasteiger partial charge is 0.227 e. The van der Waals surface area contributed by atoms with Crippen molar-refractivity contribution in [3.63, 3.8) is 0 Å². The molecule has 6 nitrogen and oxygen atoms in total. The molecule has 33 heavy (non-hydrogen) atoms. The van der Waals surface area contributed by atoms with E-state index in [4.69, 9.17) is 9.47 Å². The van der Waals surface area contributed by atoms with Gasteiger partial charge in [-0.15, -0.1) is 0 Å². The van der Waals surface area contributed by atoms with E-state index in [0.29, 0.717) is 25.4 Å². The molecule has 0 N–H and O–H groups in total. The van der Waals surface area contributed by atoms with E-state index in [1.165, 1.54) is 12.1 Å². The summed E-state index contributed by atoms with van der Waals surface area (Å²) < 4.78 is 24.1. The van der Waals surface area contributed by atoms with E-state index in [2.05, 4.69) is 0 Å². The third-order valence-corrected chi connectivity index (χ3v) is 6.73. The summed E-state index contributed by atoms with van der Waals surface area (Å²) in [6.45, 7) is 1.79. The topological polar surface area (TPSA) is 59.1 Å². The van der Waals surface area contributed by atoms with Gasteiger partial charge >= 0.3 is 0 Å². The van der Waals surface area contributed by atoms with Crippen molar-refractivity contribution in [1.29, 1.82) is 0 Å². The normalized spacial score (nSPS) is 20.6. The number of carbonyl (C=O) groups is 2. The van der Waals surface area contributed by atoms with Crippen molar-refractivity contribution in [2.75, 3.05) is 33.9 Å². The first kappa shape index (κ1) is 23.1. The van der Waals surface area contributed by atoms with Crippen LogP contribution in [0.3, 0.4) is 0 Å². The maximum atomic E-state index is 13.6. The lowest BCUT2D eigenvalue weighted by atomic mass is 9.94. The minimum atomic E-state index is -0.316. The molecule has 2 aliphatic heterocycles. The molecule has 0 spiro atoms. The lowest BCUT2D eigenvalue weighted by molar-refractivity contribution is -0.141. The van der Waals surface area contributed by atoms with Gasteiger partial charge in [0, 0.05) is 31.3 Å². The Morgan fingerprint density at radius 3 is 2.48 bits per heavy atom. The number of carbonyl (C=O) groups excluding carboxylic acids is 2. The van der Waals surface area contributed by atoms with Crippen LogP contribution in [0.1, 0.15) is 42.9 Å². The molecule has 2 amide bonds. The zero-order chi connectivity index (χ0) is 23.4. The zero-order valence-electron chi connectivity index (χ0n) is 19.3. The number of benzene rings is 2. The number of ether oxygens (including phenoxy) is 2. The monoisotopic (exact) mass is 454 g/mol. The first-order chi connectivity index (χ1) is 16.0. The van der Waals surface area contributed by atoms with Crippen molar-refractivity contribution in [2.45, 2.75) is 38.1 Å². The molecule has 2 unspecified atom stereocenters. The van der Waals surface area contributed by atoms with Gasteiger partial charge < -0.3 is 19.3 Å². The quantitative estimate of drug-likeness (QED) is 0.662. The van der Waals surface area contributed by atoms with Crippen molar-refractivity contribution in [2.24, 2.45) is 5.92 Å². The summed E-state index contributed by atoms with van der Waals surface area (Å²) in [6, 6.07) is 11.7. The molecule has 4 rings (SSSR count). The predicted octanol–water partition coefficient (Wildman–Crippen LogP) is 3.99. The molecule has 2 aromatic rings. The van der Waals surface area contributed by atoms with Gasteiger partial charge in [0.2, 0.25) is 11.8 Å². The summed E-state index contributed by atoms with van der Waals surface area (Å²) in [5.74, 6) is 1.00. The molecule has 2 aliphatic rings. The first-order valence-corrected chi connectivity index (χ1v) is 11.5. The van der Waals surface area contributed by atoms with Gasteiger partial charge in [-0.05, 0) is 55.5 Å². The van der Waals surface area contributed by atoms with Crippen molar-refractivity contribution < 1.29 is 23.5 Å². The number of methoxy groups -OCH3 is 2. The molecule has 2 saturated heterocycles. The molecular formula is C26H31FN2O4. The molecular weight excluding hydrogens is 423 g/mol. The summed E-state index contributed by atoms with van der Waals surface area (Å²) in [5.41, 5.74) is 1.77. The highest BCUT2D eigenvalue weighted by atomic mass is 19.1. The lowest BCUT2D eigenvalue weighted by Crippen LogP contribution is -2.47. The second-order valence-corrected chi connectivity index (χ2v) is 8.78. The van der Waals surface area contributed by atoms with Crippen molar-refractivity contribution in [3.05, 3.63) is 59.4 Å². The first-order valence-electron chi connectivity index (χ1n) is 11.5. The summed E-state index contributed by atoms with van der Waals surface area (Å²) in [5, 5.41) is 0. The highest BCUT2D eigenvalue weighted by Gasteiger charge is 2.37. The second kappa shape index (κ2) is 10.2. The third-order valence-electron chi connectivity index (χ3n) is 6.73. The van der Waals surface area contributed by atoms with Gasteiger partial charge in [0.1, 0.15) is 17.3 Å². The fourth-order valence-corrected chi connectivity index (χ4v) is 4.98. The van der Waals surface area contributed by atoms with Gasteiger partial charge in [-0.1, -0.05) is 12.1 Å². The Kier molecular flexibility index (Phi) is 7.16. The molecule has 2 aromatic carbocycles. The number of hydrogen-bond acceptors (Lipinski definition) is 4. The van der Waals surface area contributed by atoms with E-state index >= 15 is 0 Å². The fraction of sp³-hybridized carbons (Fsp3) is 0.462. The molecule has 2 fully saturated rings. The number of nitrogens with zero attached hydrogens (tertiary/aromatic N) is 2. The predicted molar refractivity (Wildman–Crippen MR) is 123 cm³/mol. The molecule has 176 valence electrons. The number of rotatable bonds is 6. The molecule has 7 heteroatoms. The number of likely N-dealkylation sites (tertiary alicyclic amines) is 2. The standard InChI is InChI=1S/C26H31FN2O4/c1-32-21-11-12-22(24(16-21)33-2)23-6-4-14-29(23)26(31)19-5-3-13-28(17-19)25(30)15-18-7-9-20(27)10-8-18/h7-12,16,19,23H,3-6,13-15,17H2,1-2H3. The number of halogens is 1. The van der Waals surface area contributed by atoms with Gasteiger partial charge in [-0.2, -0.15) is 0 Å². The summed E-state index contributed by atoms with van der Waals surface area (Å²) in [6.07, 6.45) is 3.62. The summed E-state index contributed by atoms with van der Waals surface area (Å²) >= 11 is 0. The van der Waals surface area contributed by atoms with E-state index in [-0.39, 0.29) is 36.0 Å². The molecule has 0 aromatic heterocycles. The Bertz CT molecular complexity index is 994. The highest BCUT2D eigenvalue weighted by Crippen LogP contribution is 2.40. The Hall–Kier alpha value is -3.09. The number of hydrogen-bond donors (Lipinski definition) is 0. The highest BCUT2D eigenvalue weighted by molar-refractivity contribution is 5.83. The van der Waals surface area contributed by atoms with Gasteiger partial charge in [-0.25, -0.2) is 4.39 Å². The van der Waals surface area contributed by atoms with Crippen molar-refractivity contribution in [3.8, 4) is 11.5 Å². The molecule has 2 heterocycles. The van der Waals surface area contributed by atoms with Crippen LogP contribution in [0.5, 0.6) is 11.5 Å². The maximum absolute atomic E-state index is 13.6. The Labute approximate surface area is 194 Å². The minimum absolute atomic E-state index is 0.0195. The van der Waals surface area contributed by atoms with Gasteiger partial charge in [-0.3, -0.25) is 9.59 Å². The molecule has 2 atom stereocenters. The molecule has 0 radical (unpaired) electrons. The van der Waals surface area contributed by atoms with Crippen LogP contribution in [-0.2, 0) is 16.0 Å². The van der Waals surface area contributed by atoms with Crippen LogP contribution in [0.4, 0.5) is 4.39 Å². The largest absolute Gasteiger partial charge is 0.497 e. The Balaban J connectivity index is 1.44. The van der Waals surface area contributed by atoms with Crippen LogP contribution >= 0.6 is 0 Å². The van der Waals surface area contributed by atoms with E-state index in [0.717, 1.165) is 42.6 Å². The SMILES string of the molecule is COc1ccc(C2CCCN2C(=O)C2CCCN(C(=O)Cc3ccc(F)cc3)C2)c(OC)c1. The van der Waals surface area contributed by atoms with Crippen LogP contribution in [-0.4, -0.2) is 55.5 Å². The maximum Gasteiger partial charge on any atom is 0.227 e. The number of piperidine rings is 1. The Morgan fingerprint density at radius 2 is 1.76 bits per heavy atom. The molecule has 0 bridgehead atoms. The average Bonchev–Trinajstić information content (AvgIpc) is 3.34. The van der Waals surface area contributed by atoms with Crippen LogP contribution in [0, 0.1) is 11.7 Å². The lowest BCUT2D eigenvalue weighted by Gasteiger charge is -2.36. The van der Waals surface area contributed by atoms with E-state index < -0.39 is 0 Å². The second-order valence-electron chi connectivity index (χ2n) is 8.78. The van der Waals surface area contributed by atoms with E-state index in [9.17, 15) is 14.0 Å². The van der Waals surface area contributed by atoms with Gasteiger partial charge in [0.15, 0.2) is 0 Å². The van der Waals surface area contributed by atoms with Crippen LogP contribution in [0.15, 0.2) is 42.5 Å². The van der Waals surface area contributed by atoms with Crippen molar-refractivity contribution >= 4 is 11.8 Å². The molecule has 0 saturated carbocycles. The van der Waals surface area contributed by atoms with E-state index in [1.54, 1.807) is 31.3 Å².